The summed E-state index contributed by atoms with van der Waals surface area (Å²) in [6.45, 7) is 2.50. The molecule has 25 heavy (non-hydrogen) atoms. The molecule has 1 aromatic carbocycles. The van der Waals surface area contributed by atoms with E-state index >= 15 is 0 Å². The first-order valence-electron chi connectivity index (χ1n) is 8.97. The zero-order chi connectivity index (χ0) is 17.8. The average Bonchev–Trinajstić information content (AvgIpc) is 3.27. The minimum Gasteiger partial charge on any atom is -0.383 e. The number of rotatable bonds is 2. The first-order valence-corrected chi connectivity index (χ1v) is 8.97. The van der Waals surface area contributed by atoms with Gasteiger partial charge in [-0.15, -0.1) is 0 Å². The third-order valence-electron chi connectivity index (χ3n) is 5.06. The summed E-state index contributed by atoms with van der Waals surface area (Å²) in [5.41, 5.74) is 15.2. The second kappa shape index (κ2) is 7.70. The van der Waals surface area contributed by atoms with Gasteiger partial charge in [0.1, 0.15) is 11.4 Å². The van der Waals surface area contributed by atoms with Gasteiger partial charge in [-0.3, -0.25) is 9.48 Å². The van der Waals surface area contributed by atoms with E-state index in [-0.39, 0.29) is 5.92 Å². The summed E-state index contributed by atoms with van der Waals surface area (Å²) in [5.74, 6) is 0.0618. The van der Waals surface area contributed by atoms with E-state index in [4.69, 9.17) is 11.5 Å². The van der Waals surface area contributed by atoms with Gasteiger partial charge >= 0.3 is 0 Å². The Morgan fingerprint density at radius 1 is 1.24 bits per heavy atom. The van der Waals surface area contributed by atoms with Crippen LogP contribution < -0.4 is 16.8 Å². The number of anilines is 1. The Kier molecular flexibility index (Phi) is 5.38. The van der Waals surface area contributed by atoms with E-state index in [0.717, 1.165) is 25.0 Å². The molecule has 2 aromatic rings. The fourth-order valence-electron chi connectivity index (χ4n) is 3.65. The topological polar surface area (TPSA) is 99.0 Å². The van der Waals surface area contributed by atoms with Crippen LogP contribution in [0.1, 0.15) is 52.4 Å². The molecule has 1 aliphatic heterocycles. The SMILES string of the molecule is C1CCNC1.Cn1nc(C2CCc3ccccc3C2)c(C(N)=O)c1N. The molecule has 6 heteroatoms. The largest absolute Gasteiger partial charge is 0.383 e. The number of aryl methyl sites for hydroxylation is 2. The molecule has 6 nitrogen and oxygen atoms in total. The number of fused-ring (bicyclic) bond motifs is 1. The standard InChI is InChI=1S/C15H18N4O.C4H9N/c1-19-14(16)12(15(17)20)13(18-19)11-7-6-9-4-2-3-5-10(9)8-11;1-2-4-5-3-1/h2-5,11H,6-8,16H2,1H3,(H2,17,20);5H,1-4H2. The van der Waals surface area contributed by atoms with Gasteiger partial charge in [-0.05, 0) is 56.3 Å². The van der Waals surface area contributed by atoms with Crippen molar-refractivity contribution in [3.8, 4) is 0 Å². The Hall–Kier alpha value is -2.34. The van der Waals surface area contributed by atoms with Crippen LogP contribution in [-0.2, 0) is 19.9 Å². The Labute approximate surface area is 148 Å². The third kappa shape index (κ3) is 3.85. The number of aromatic nitrogens is 2. The minimum absolute atomic E-state index is 0.205. The van der Waals surface area contributed by atoms with Crippen LogP contribution in [0.4, 0.5) is 5.82 Å². The predicted octanol–water partition coefficient (Wildman–Crippen LogP) is 1.74. The van der Waals surface area contributed by atoms with Gasteiger partial charge < -0.3 is 16.8 Å². The highest BCUT2D eigenvalue weighted by molar-refractivity contribution is 5.98. The average molecular weight is 341 g/mol. The van der Waals surface area contributed by atoms with Crippen molar-refractivity contribution < 1.29 is 4.79 Å². The van der Waals surface area contributed by atoms with Crippen LogP contribution >= 0.6 is 0 Å². The lowest BCUT2D eigenvalue weighted by Gasteiger charge is -2.23. The number of amides is 1. The number of carbonyl (C=O) groups excluding carboxylic acids is 1. The molecule has 1 unspecified atom stereocenters. The van der Waals surface area contributed by atoms with Crippen LogP contribution in [0.25, 0.3) is 0 Å². The van der Waals surface area contributed by atoms with E-state index in [1.807, 2.05) is 6.07 Å². The Balaban J connectivity index is 0.000000314. The molecule has 1 fully saturated rings. The summed E-state index contributed by atoms with van der Waals surface area (Å²) in [6.07, 6.45) is 5.62. The van der Waals surface area contributed by atoms with Crippen molar-refractivity contribution >= 4 is 11.7 Å². The van der Waals surface area contributed by atoms with E-state index in [2.05, 4.69) is 28.6 Å². The number of hydrogen-bond donors (Lipinski definition) is 3. The molecule has 1 aromatic heterocycles. The number of hydrogen-bond acceptors (Lipinski definition) is 4. The van der Waals surface area contributed by atoms with Crippen molar-refractivity contribution in [2.75, 3.05) is 18.8 Å². The fourth-order valence-corrected chi connectivity index (χ4v) is 3.65. The smallest absolute Gasteiger partial charge is 0.254 e. The Morgan fingerprint density at radius 2 is 1.92 bits per heavy atom. The molecular formula is C19H27N5O. The monoisotopic (exact) mass is 341 g/mol. The molecule has 1 atom stereocenters. The first kappa shape index (κ1) is 17.5. The number of nitrogens with two attached hydrogens (primary N) is 2. The van der Waals surface area contributed by atoms with Crippen LogP contribution in [0.15, 0.2) is 24.3 Å². The van der Waals surface area contributed by atoms with Crippen LogP contribution in [0, 0.1) is 0 Å². The number of nitrogens with one attached hydrogen (secondary N) is 1. The third-order valence-corrected chi connectivity index (χ3v) is 5.06. The molecule has 0 radical (unpaired) electrons. The lowest BCUT2D eigenvalue weighted by molar-refractivity contribution is 0.0999. The summed E-state index contributed by atoms with van der Waals surface area (Å²) in [6, 6.07) is 8.40. The summed E-state index contributed by atoms with van der Waals surface area (Å²) < 4.78 is 1.54. The second-order valence-electron chi connectivity index (χ2n) is 6.80. The number of nitrogen functional groups attached to an aromatic ring is 1. The number of benzene rings is 1. The molecule has 5 N–H and O–H groups in total. The van der Waals surface area contributed by atoms with Gasteiger partial charge in [0.05, 0.1) is 5.69 Å². The number of nitrogens with zero attached hydrogens (tertiary/aromatic N) is 2. The minimum atomic E-state index is -0.496. The van der Waals surface area contributed by atoms with Gasteiger partial charge in [-0.25, -0.2) is 0 Å². The van der Waals surface area contributed by atoms with E-state index in [9.17, 15) is 4.79 Å². The molecule has 2 heterocycles. The molecule has 4 rings (SSSR count). The highest BCUT2D eigenvalue weighted by atomic mass is 16.1. The van der Waals surface area contributed by atoms with E-state index < -0.39 is 5.91 Å². The number of carbonyl (C=O) groups is 1. The summed E-state index contributed by atoms with van der Waals surface area (Å²) in [5, 5.41) is 7.64. The molecular weight excluding hydrogens is 314 g/mol. The van der Waals surface area contributed by atoms with Crippen molar-refractivity contribution in [3.63, 3.8) is 0 Å². The van der Waals surface area contributed by atoms with E-state index in [0.29, 0.717) is 11.4 Å². The lowest BCUT2D eigenvalue weighted by atomic mass is 9.81. The van der Waals surface area contributed by atoms with E-state index in [1.165, 1.54) is 41.7 Å². The van der Waals surface area contributed by atoms with Crippen LogP contribution in [0.3, 0.4) is 0 Å². The lowest BCUT2D eigenvalue weighted by Crippen LogP contribution is -2.19. The molecule has 2 aliphatic rings. The van der Waals surface area contributed by atoms with Crippen molar-refractivity contribution in [1.29, 1.82) is 0 Å². The highest BCUT2D eigenvalue weighted by Crippen LogP contribution is 2.34. The molecule has 134 valence electrons. The van der Waals surface area contributed by atoms with Gasteiger partial charge in [-0.1, -0.05) is 24.3 Å². The normalized spacial score (nSPS) is 19.0. The molecule has 1 amide bonds. The summed E-state index contributed by atoms with van der Waals surface area (Å²) >= 11 is 0. The van der Waals surface area contributed by atoms with Crippen molar-refractivity contribution in [3.05, 3.63) is 46.6 Å². The quantitative estimate of drug-likeness (QED) is 0.775. The maximum Gasteiger partial charge on any atom is 0.254 e. The van der Waals surface area contributed by atoms with Crippen molar-refractivity contribution in [1.82, 2.24) is 15.1 Å². The molecule has 0 bridgehead atoms. The second-order valence-corrected chi connectivity index (χ2v) is 6.80. The molecule has 1 aliphatic carbocycles. The van der Waals surface area contributed by atoms with Crippen LogP contribution in [0.5, 0.6) is 0 Å². The van der Waals surface area contributed by atoms with Gasteiger partial charge in [0, 0.05) is 13.0 Å². The first-order chi connectivity index (χ1) is 12.1. The fraction of sp³-hybridized carbons (Fsp3) is 0.474. The Morgan fingerprint density at radius 3 is 2.52 bits per heavy atom. The number of primary amides is 1. The zero-order valence-corrected chi connectivity index (χ0v) is 14.8. The van der Waals surface area contributed by atoms with Crippen LogP contribution in [0.2, 0.25) is 0 Å². The van der Waals surface area contributed by atoms with Crippen molar-refractivity contribution in [2.45, 2.75) is 38.0 Å². The van der Waals surface area contributed by atoms with E-state index in [1.54, 1.807) is 7.05 Å². The highest BCUT2D eigenvalue weighted by Gasteiger charge is 2.28. The van der Waals surface area contributed by atoms with Gasteiger partial charge in [-0.2, -0.15) is 5.10 Å². The molecule has 0 spiro atoms. The predicted molar refractivity (Wildman–Crippen MR) is 99.5 cm³/mol. The summed E-state index contributed by atoms with van der Waals surface area (Å²) in [7, 11) is 1.74. The van der Waals surface area contributed by atoms with Crippen molar-refractivity contribution in [2.24, 2.45) is 12.8 Å². The van der Waals surface area contributed by atoms with Gasteiger partial charge in [0.15, 0.2) is 0 Å². The van der Waals surface area contributed by atoms with Gasteiger partial charge in [0.25, 0.3) is 5.91 Å². The molecule has 1 saturated heterocycles. The molecule has 0 saturated carbocycles. The van der Waals surface area contributed by atoms with Crippen LogP contribution in [-0.4, -0.2) is 28.8 Å². The zero-order valence-electron chi connectivity index (χ0n) is 14.8. The Bertz CT molecular complexity index is 741. The van der Waals surface area contributed by atoms with Gasteiger partial charge in [0.2, 0.25) is 0 Å². The maximum absolute atomic E-state index is 11.6. The summed E-state index contributed by atoms with van der Waals surface area (Å²) in [4.78, 5) is 11.6. The maximum atomic E-state index is 11.6.